The van der Waals surface area contributed by atoms with Crippen LogP contribution in [0.25, 0.3) is 0 Å². The average Bonchev–Trinajstić information content (AvgIpc) is 2.70. The highest BCUT2D eigenvalue weighted by Crippen LogP contribution is 2.13. The van der Waals surface area contributed by atoms with Crippen molar-refractivity contribution in [1.29, 1.82) is 0 Å². The van der Waals surface area contributed by atoms with Gasteiger partial charge < -0.3 is 9.73 Å². The molecule has 1 N–H and O–H groups in total. The summed E-state index contributed by atoms with van der Waals surface area (Å²) in [5.41, 5.74) is 0. The molecule has 1 aromatic rings. The third-order valence-electron chi connectivity index (χ3n) is 3.63. The van der Waals surface area contributed by atoms with Crippen molar-refractivity contribution in [3.63, 3.8) is 0 Å². The number of aromatic nitrogens is 1. The van der Waals surface area contributed by atoms with Crippen LogP contribution in [0.2, 0.25) is 0 Å². The Morgan fingerprint density at radius 1 is 1.53 bits per heavy atom. The Balaban J connectivity index is 1.90. The summed E-state index contributed by atoms with van der Waals surface area (Å²) in [5, 5.41) is 3.65. The lowest BCUT2D eigenvalue weighted by Crippen LogP contribution is -2.38. The standard InChI is InChI=1S/C15H27N3O/c1-4-14-9-17-15(19-14)11-18-7-5-6-16-13(10-18)8-12(2)3/h9,12-13,16H,4-8,10-11H2,1-3H3. The molecule has 1 aliphatic rings. The van der Waals surface area contributed by atoms with Crippen LogP contribution in [0.15, 0.2) is 10.6 Å². The topological polar surface area (TPSA) is 41.3 Å². The van der Waals surface area contributed by atoms with E-state index in [-0.39, 0.29) is 0 Å². The molecule has 108 valence electrons. The van der Waals surface area contributed by atoms with Gasteiger partial charge >= 0.3 is 0 Å². The van der Waals surface area contributed by atoms with Gasteiger partial charge in [0.1, 0.15) is 5.76 Å². The Kier molecular flexibility index (Phi) is 5.40. The summed E-state index contributed by atoms with van der Waals surface area (Å²) in [6.07, 6.45) is 5.22. The van der Waals surface area contributed by atoms with E-state index in [1.807, 2.05) is 6.20 Å². The zero-order valence-electron chi connectivity index (χ0n) is 12.5. The summed E-state index contributed by atoms with van der Waals surface area (Å²) in [5.74, 6) is 2.59. The van der Waals surface area contributed by atoms with Crippen molar-refractivity contribution in [2.45, 2.75) is 52.6 Å². The first-order valence-electron chi connectivity index (χ1n) is 7.56. The van der Waals surface area contributed by atoms with E-state index in [0.29, 0.717) is 6.04 Å². The SMILES string of the molecule is CCc1cnc(CN2CCCNC(CC(C)C)C2)o1. The normalized spacial score (nSPS) is 21.8. The molecular formula is C15H27N3O. The first-order valence-corrected chi connectivity index (χ1v) is 7.56. The molecule has 0 aliphatic carbocycles. The number of hydrogen-bond donors (Lipinski definition) is 1. The summed E-state index contributed by atoms with van der Waals surface area (Å²) in [6.45, 7) is 10.9. The maximum absolute atomic E-state index is 5.72. The van der Waals surface area contributed by atoms with Crippen LogP contribution >= 0.6 is 0 Å². The molecule has 0 bridgehead atoms. The molecule has 1 atom stereocenters. The van der Waals surface area contributed by atoms with Gasteiger partial charge in [-0.2, -0.15) is 0 Å². The van der Waals surface area contributed by atoms with Gasteiger partial charge in [0.05, 0.1) is 12.7 Å². The zero-order valence-corrected chi connectivity index (χ0v) is 12.5. The molecule has 0 saturated carbocycles. The quantitative estimate of drug-likeness (QED) is 0.888. The molecular weight excluding hydrogens is 238 g/mol. The highest BCUT2D eigenvalue weighted by Gasteiger charge is 2.19. The lowest BCUT2D eigenvalue weighted by atomic mass is 10.0. The van der Waals surface area contributed by atoms with Gasteiger partial charge in [0, 0.05) is 19.0 Å². The van der Waals surface area contributed by atoms with Crippen molar-refractivity contribution in [3.05, 3.63) is 17.8 Å². The molecule has 0 radical (unpaired) electrons. The summed E-state index contributed by atoms with van der Waals surface area (Å²) >= 11 is 0. The smallest absolute Gasteiger partial charge is 0.208 e. The Labute approximate surface area is 116 Å². The van der Waals surface area contributed by atoms with Crippen LogP contribution in [0.5, 0.6) is 0 Å². The molecule has 1 saturated heterocycles. The maximum atomic E-state index is 5.72. The second kappa shape index (κ2) is 7.06. The first-order chi connectivity index (χ1) is 9.17. The minimum atomic E-state index is 0.600. The molecule has 19 heavy (non-hydrogen) atoms. The van der Waals surface area contributed by atoms with E-state index < -0.39 is 0 Å². The van der Waals surface area contributed by atoms with Gasteiger partial charge in [-0.25, -0.2) is 4.98 Å². The molecule has 4 nitrogen and oxygen atoms in total. The third-order valence-corrected chi connectivity index (χ3v) is 3.63. The predicted molar refractivity (Wildman–Crippen MR) is 77.0 cm³/mol. The number of nitrogens with zero attached hydrogens (tertiary/aromatic N) is 2. The van der Waals surface area contributed by atoms with Crippen molar-refractivity contribution >= 4 is 0 Å². The van der Waals surface area contributed by atoms with Crippen LogP contribution in [0.3, 0.4) is 0 Å². The van der Waals surface area contributed by atoms with Gasteiger partial charge in [-0.05, 0) is 31.8 Å². The molecule has 2 heterocycles. The van der Waals surface area contributed by atoms with Gasteiger partial charge in [-0.1, -0.05) is 20.8 Å². The number of rotatable bonds is 5. The van der Waals surface area contributed by atoms with Crippen LogP contribution in [0.4, 0.5) is 0 Å². The minimum absolute atomic E-state index is 0.600. The minimum Gasteiger partial charge on any atom is -0.444 e. The third kappa shape index (κ3) is 4.62. The summed E-state index contributed by atoms with van der Waals surface area (Å²) in [7, 11) is 0. The molecule has 1 aromatic heterocycles. The number of oxazole rings is 1. The largest absolute Gasteiger partial charge is 0.444 e. The van der Waals surface area contributed by atoms with Crippen LogP contribution in [-0.4, -0.2) is 35.6 Å². The van der Waals surface area contributed by atoms with E-state index in [4.69, 9.17) is 4.42 Å². The van der Waals surface area contributed by atoms with Crippen molar-refractivity contribution in [2.24, 2.45) is 5.92 Å². The number of nitrogens with one attached hydrogen (secondary N) is 1. The van der Waals surface area contributed by atoms with Gasteiger partial charge in [0.2, 0.25) is 5.89 Å². The first kappa shape index (κ1) is 14.5. The Morgan fingerprint density at radius 2 is 2.37 bits per heavy atom. The lowest BCUT2D eigenvalue weighted by molar-refractivity contribution is 0.224. The van der Waals surface area contributed by atoms with E-state index in [9.17, 15) is 0 Å². The highest BCUT2D eigenvalue weighted by atomic mass is 16.4. The summed E-state index contributed by atoms with van der Waals surface area (Å²) in [4.78, 5) is 6.84. The number of hydrogen-bond acceptors (Lipinski definition) is 4. The van der Waals surface area contributed by atoms with E-state index in [0.717, 1.165) is 50.2 Å². The monoisotopic (exact) mass is 265 g/mol. The molecule has 0 aromatic carbocycles. The predicted octanol–water partition coefficient (Wildman–Crippen LogP) is 2.45. The lowest BCUT2D eigenvalue weighted by Gasteiger charge is -2.24. The van der Waals surface area contributed by atoms with Gasteiger partial charge in [0.25, 0.3) is 0 Å². The fraction of sp³-hybridized carbons (Fsp3) is 0.800. The van der Waals surface area contributed by atoms with Crippen LogP contribution in [-0.2, 0) is 13.0 Å². The molecule has 0 amide bonds. The second-order valence-corrected chi connectivity index (χ2v) is 5.94. The molecule has 2 rings (SSSR count). The zero-order chi connectivity index (χ0) is 13.7. The van der Waals surface area contributed by atoms with Crippen LogP contribution in [0, 0.1) is 5.92 Å². The molecule has 1 fully saturated rings. The van der Waals surface area contributed by atoms with Crippen molar-refractivity contribution in [3.8, 4) is 0 Å². The highest BCUT2D eigenvalue weighted by molar-refractivity contribution is 4.94. The van der Waals surface area contributed by atoms with Crippen molar-refractivity contribution < 1.29 is 4.42 Å². The maximum Gasteiger partial charge on any atom is 0.208 e. The Morgan fingerprint density at radius 3 is 3.05 bits per heavy atom. The molecule has 1 unspecified atom stereocenters. The molecule has 1 aliphatic heterocycles. The van der Waals surface area contributed by atoms with E-state index >= 15 is 0 Å². The summed E-state index contributed by atoms with van der Waals surface area (Å²) < 4.78 is 5.72. The fourth-order valence-electron chi connectivity index (χ4n) is 2.72. The Bertz CT molecular complexity index is 375. The fourth-order valence-corrected chi connectivity index (χ4v) is 2.72. The second-order valence-electron chi connectivity index (χ2n) is 5.94. The van der Waals surface area contributed by atoms with Crippen molar-refractivity contribution in [1.82, 2.24) is 15.2 Å². The van der Waals surface area contributed by atoms with Gasteiger partial charge in [-0.3, -0.25) is 4.90 Å². The van der Waals surface area contributed by atoms with E-state index in [1.165, 1.54) is 12.8 Å². The molecule has 0 spiro atoms. The van der Waals surface area contributed by atoms with Gasteiger partial charge in [-0.15, -0.1) is 0 Å². The van der Waals surface area contributed by atoms with Crippen molar-refractivity contribution in [2.75, 3.05) is 19.6 Å². The summed E-state index contributed by atoms with van der Waals surface area (Å²) in [6, 6.07) is 0.600. The van der Waals surface area contributed by atoms with Gasteiger partial charge in [0.15, 0.2) is 0 Å². The Hall–Kier alpha value is -0.870. The van der Waals surface area contributed by atoms with E-state index in [1.54, 1.807) is 0 Å². The number of aryl methyl sites for hydroxylation is 1. The van der Waals surface area contributed by atoms with Crippen LogP contribution < -0.4 is 5.32 Å². The average molecular weight is 265 g/mol. The van der Waals surface area contributed by atoms with Crippen LogP contribution in [0.1, 0.15) is 45.3 Å². The molecule has 4 heteroatoms. The van der Waals surface area contributed by atoms with E-state index in [2.05, 4.69) is 36.0 Å².